The molecule has 3 aromatic rings. The second kappa shape index (κ2) is 9.34. The molecule has 4 rings (SSSR count). The Balaban J connectivity index is 1.43. The van der Waals surface area contributed by atoms with Crippen molar-refractivity contribution in [1.82, 2.24) is 20.1 Å². The number of rotatable bonds is 7. The Morgan fingerprint density at radius 3 is 2.65 bits per heavy atom. The number of carbonyl (C=O) groups is 1. The molecule has 8 nitrogen and oxygen atoms in total. The first-order valence-electron chi connectivity index (χ1n) is 10.3. The Bertz CT molecular complexity index is 1080. The number of aromatic nitrogens is 3. The van der Waals surface area contributed by atoms with Gasteiger partial charge in [-0.25, -0.2) is 0 Å². The van der Waals surface area contributed by atoms with Gasteiger partial charge in [0, 0.05) is 24.4 Å². The molecule has 1 amide bonds. The van der Waals surface area contributed by atoms with Crippen LogP contribution in [0.2, 0.25) is 0 Å². The lowest BCUT2D eigenvalue weighted by molar-refractivity contribution is -0.384. The molecule has 1 N–H and O–H groups in total. The predicted molar refractivity (Wildman–Crippen MR) is 117 cm³/mol. The van der Waals surface area contributed by atoms with E-state index < -0.39 is 4.92 Å². The smallest absolute Gasteiger partial charge is 0.269 e. The molecule has 1 fully saturated rings. The predicted octanol–water partition coefficient (Wildman–Crippen LogP) is 4.30. The number of nitrogens with one attached hydrogen (secondary N) is 1. The van der Waals surface area contributed by atoms with E-state index in [0.717, 1.165) is 29.9 Å². The number of non-ortho nitro benzene ring substituents is 1. The molecular weight excluding hydrogens is 394 g/mol. The molecule has 0 bridgehead atoms. The molecule has 0 unspecified atom stereocenters. The monoisotopic (exact) mass is 417 g/mol. The summed E-state index contributed by atoms with van der Waals surface area (Å²) in [6.07, 6.45) is 9.41. The topological polar surface area (TPSA) is 103 Å². The zero-order valence-electron chi connectivity index (χ0n) is 17.0. The first kappa shape index (κ1) is 20.5. The molecule has 2 aromatic heterocycles. The van der Waals surface area contributed by atoms with Crippen LogP contribution in [0.15, 0.2) is 60.8 Å². The van der Waals surface area contributed by atoms with E-state index >= 15 is 0 Å². The third kappa shape index (κ3) is 5.03. The van der Waals surface area contributed by atoms with Crippen molar-refractivity contribution in [3.05, 3.63) is 82.2 Å². The summed E-state index contributed by atoms with van der Waals surface area (Å²) in [5.74, 6) is -0.256. The van der Waals surface area contributed by atoms with E-state index in [0.29, 0.717) is 18.2 Å². The maximum Gasteiger partial charge on any atom is 0.269 e. The van der Waals surface area contributed by atoms with E-state index in [-0.39, 0.29) is 11.6 Å². The fourth-order valence-corrected chi connectivity index (χ4v) is 3.78. The summed E-state index contributed by atoms with van der Waals surface area (Å²) in [4.78, 5) is 27.0. The van der Waals surface area contributed by atoms with Gasteiger partial charge < -0.3 is 5.32 Å². The molecule has 0 atom stereocenters. The van der Waals surface area contributed by atoms with Gasteiger partial charge >= 0.3 is 0 Å². The van der Waals surface area contributed by atoms with Crippen LogP contribution >= 0.6 is 0 Å². The molecule has 0 radical (unpaired) electrons. The van der Waals surface area contributed by atoms with E-state index in [9.17, 15) is 14.9 Å². The van der Waals surface area contributed by atoms with Crippen molar-refractivity contribution in [1.29, 1.82) is 0 Å². The maximum absolute atomic E-state index is 12.2. The Morgan fingerprint density at radius 2 is 1.97 bits per heavy atom. The van der Waals surface area contributed by atoms with Crippen molar-refractivity contribution < 1.29 is 9.72 Å². The van der Waals surface area contributed by atoms with Gasteiger partial charge in [-0.15, -0.1) is 0 Å². The molecular formula is C23H23N5O3. The number of amides is 1. The standard InChI is InChI=1S/C23H23N5O3/c29-23(13-10-17-8-11-20(12-9-17)28(30)31)25-16-18-15-22(21-7-3-4-14-24-21)27(26-18)19-5-1-2-6-19/h3-4,7-15,19H,1-2,5-6,16H2,(H,25,29)/b13-10+. The Labute approximate surface area is 179 Å². The summed E-state index contributed by atoms with van der Waals surface area (Å²) < 4.78 is 2.06. The van der Waals surface area contributed by atoms with Crippen molar-refractivity contribution >= 4 is 17.7 Å². The molecule has 158 valence electrons. The summed E-state index contributed by atoms with van der Waals surface area (Å²) >= 11 is 0. The molecule has 31 heavy (non-hydrogen) atoms. The highest BCUT2D eigenvalue weighted by molar-refractivity contribution is 5.91. The molecule has 8 heteroatoms. The quantitative estimate of drug-likeness (QED) is 0.351. The summed E-state index contributed by atoms with van der Waals surface area (Å²) in [7, 11) is 0. The lowest BCUT2D eigenvalue weighted by Gasteiger charge is -2.13. The lowest BCUT2D eigenvalue weighted by Crippen LogP contribution is -2.20. The highest BCUT2D eigenvalue weighted by Crippen LogP contribution is 2.33. The SMILES string of the molecule is O=C(/C=C/c1ccc([N+](=O)[O-])cc1)NCc1cc(-c2ccccn2)n(C2CCCC2)n1. The Hall–Kier alpha value is -3.81. The van der Waals surface area contributed by atoms with Crippen LogP contribution in [0.25, 0.3) is 17.5 Å². The number of hydrogen-bond acceptors (Lipinski definition) is 5. The number of benzene rings is 1. The molecule has 1 aliphatic carbocycles. The molecule has 1 saturated carbocycles. The molecule has 0 aliphatic heterocycles. The fraction of sp³-hybridized carbons (Fsp3) is 0.261. The largest absolute Gasteiger partial charge is 0.347 e. The maximum atomic E-state index is 12.2. The van der Waals surface area contributed by atoms with Gasteiger partial charge in [-0.3, -0.25) is 24.6 Å². The number of nitro benzene ring substituents is 1. The van der Waals surface area contributed by atoms with Crippen molar-refractivity contribution in [2.75, 3.05) is 0 Å². The minimum absolute atomic E-state index is 0.0168. The van der Waals surface area contributed by atoms with E-state index in [1.54, 1.807) is 24.4 Å². The van der Waals surface area contributed by atoms with E-state index in [1.807, 2.05) is 24.3 Å². The van der Waals surface area contributed by atoms with Gasteiger partial charge in [-0.1, -0.05) is 18.9 Å². The van der Waals surface area contributed by atoms with Gasteiger partial charge in [-0.2, -0.15) is 5.10 Å². The minimum Gasteiger partial charge on any atom is -0.347 e. The van der Waals surface area contributed by atoms with Gasteiger partial charge in [0.15, 0.2) is 0 Å². The first-order chi connectivity index (χ1) is 15.1. The second-order valence-electron chi connectivity index (χ2n) is 7.52. The van der Waals surface area contributed by atoms with Gasteiger partial charge in [0.05, 0.1) is 34.6 Å². The number of nitrogens with zero attached hydrogens (tertiary/aromatic N) is 4. The zero-order chi connectivity index (χ0) is 21.6. The van der Waals surface area contributed by atoms with Crippen LogP contribution in [0, 0.1) is 10.1 Å². The number of pyridine rings is 1. The summed E-state index contributed by atoms with van der Waals surface area (Å²) in [6.45, 7) is 0.309. The third-order valence-electron chi connectivity index (χ3n) is 5.36. The second-order valence-corrected chi connectivity index (χ2v) is 7.52. The number of nitro groups is 1. The van der Waals surface area contributed by atoms with Crippen LogP contribution in [0.1, 0.15) is 43.0 Å². The summed E-state index contributed by atoms with van der Waals surface area (Å²) in [6, 6.07) is 14.2. The van der Waals surface area contributed by atoms with Gasteiger partial charge in [-0.05, 0) is 54.8 Å². The van der Waals surface area contributed by atoms with Gasteiger partial charge in [0.1, 0.15) is 0 Å². The molecule has 1 aliphatic rings. The first-order valence-corrected chi connectivity index (χ1v) is 10.3. The van der Waals surface area contributed by atoms with Gasteiger partial charge in [0.2, 0.25) is 5.91 Å². The number of hydrogen-bond donors (Lipinski definition) is 1. The van der Waals surface area contributed by atoms with E-state index in [1.165, 1.54) is 31.1 Å². The average molecular weight is 417 g/mol. The lowest BCUT2D eigenvalue weighted by atomic mass is 10.2. The van der Waals surface area contributed by atoms with Crippen molar-refractivity contribution in [2.45, 2.75) is 38.3 Å². The molecule has 1 aromatic carbocycles. The highest BCUT2D eigenvalue weighted by atomic mass is 16.6. The van der Waals surface area contributed by atoms with Crippen LogP contribution in [0.3, 0.4) is 0 Å². The average Bonchev–Trinajstić information content (AvgIpc) is 3.47. The van der Waals surface area contributed by atoms with Crippen LogP contribution in [0.5, 0.6) is 0 Å². The van der Waals surface area contributed by atoms with Crippen molar-refractivity contribution in [3.8, 4) is 11.4 Å². The van der Waals surface area contributed by atoms with Crippen LogP contribution in [-0.4, -0.2) is 25.6 Å². The fourth-order valence-electron chi connectivity index (χ4n) is 3.78. The van der Waals surface area contributed by atoms with Crippen molar-refractivity contribution in [3.63, 3.8) is 0 Å². The normalized spacial score (nSPS) is 14.2. The van der Waals surface area contributed by atoms with Gasteiger partial charge in [0.25, 0.3) is 5.69 Å². The third-order valence-corrected chi connectivity index (χ3v) is 5.36. The van der Waals surface area contributed by atoms with E-state index in [4.69, 9.17) is 5.10 Å². The minimum atomic E-state index is -0.454. The summed E-state index contributed by atoms with van der Waals surface area (Å²) in [5.41, 5.74) is 3.35. The van der Waals surface area contributed by atoms with Crippen LogP contribution in [0.4, 0.5) is 5.69 Å². The molecule has 0 spiro atoms. The highest BCUT2D eigenvalue weighted by Gasteiger charge is 2.22. The zero-order valence-corrected chi connectivity index (χ0v) is 17.0. The Kier molecular flexibility index (Phi) is 6.16. The molecule has 0 saturated heterocycles. The van der Waals surface area contributed by atoms with Crippen LogP contribution in [-0.2, 0) is 11.3 Å². The molecule has 2 heterocycles. The summed E-state index contributed by atoms with van der Waals surface area (Å²) in [5, 5.41) is 18.3. The number of carbonyl (C=O) groups excluding carboxylic acids is 1. The van der Waals surface area contributed by atoms with E-state index in [2.05, 4.69) is 15.0 Å². The Morgan fingerprint density at radius 1 is 1.19 bits per heavy atom. The van der Waals surface area contributed by atoms with Crippen LogP contribution < -0.4 is 5.32 Å². The van der Waals surface area contributed by atoms with Crippen molar-refractivity contribution in [2.24, 2.45) is 0 Å².